The predicted octanol–water partition coefficient (Wildman–Crippen LogP) is 1.18. The molecule has 0 spiro atoms. The molecule has 0 saturated carbocycles. The lowest BCUT2D eigenvalue weighted by Crippen LogP contribution is -2.10. The van der Waals surface area contributed by atoms with Crippen molar-refractivity contribution >= 4 is 17.9 Å². The fraction of sp³-hybridized carbons (Fsp3) is 0.273. The Kier molecular flexibility index (Phi) is 3.92. The minimum Gasteiger partial charge on any atom is -0.507 e. The number of benzene rings is 1. The molecule has 0 heterocycles. The van der Waals surface area contributed by atoms with Crippen LogP contribution < -0.4 is 14.8 Å². The summed E-state index contributed by atoms with van der Waals surface area (Å²) < 4.78 is 10.0. The number of hydrogen-bond donors (Lipinski definition) is 2. The second-order valence-electron chi connectivity index (χ2n) is 3.22. The van der Waals surface area contributed by atoms with Gasteiger partial charge in [-0.1, -0.05) is 0 Å². The predicted molar refractivity (Wildman–Crippen MR) is 60.9 cm³/mol. The van der Waals surface area contributed by atoms with Crippen molar-refractivity contribution in [1.29, 1.82) is 0 Å². The third-order valence-electron chi connectivity index (χ3n) is 2.10. The molecule has 0 radical (unpaired) electrons. The lowest BCUT2D eigenvalue weighted by molar-refractivity contribution is -0.114. The molecule has 17 heavy (non-hydrogen) atoms. The van der Waals surface area contributed by atoms with Crippen LogP contribution in [0.4, 0.5) is 5.69 Å². The maximum absolute atomic E-state index is 11.1. The first-order valence-corrected chi connectivity index (χ1v) is 4.75. The number of amides is 1. The highest BCUT2D eigenvalue weighted by Gasteiger charge is 2.19. The van der Waals surface area contributed by atoms with Crippen LogP contribution in [-0.2, 0) is 4.79 Å². The maximum atomic E-state index is 11.1. The molecule has 1 rings (SSSR count). The number of nitrogens with one attached hydrogen (secondary N) is 1. The van der Waals surface area contributed by atoms with Gasteiger partial charge in [-0.2, -0.15) is 0 Å². The molecular weight excluding hydrogens is 226 g/mol. The summed E-state index contributed by atoms with van der Waals surface area (Å²) in [6.45, 7) is 1.31. The molecule has 92 valence electrons. The Hall–Kier alpha value is -2.24. The third kappa shape index (κ3) is 2.47. The lowest BCUT2D eigenvalue weighted by Gasteiger charge is -2.15. The van der Waals surface area contributed by atoms with E-state index in [1.807, 2.05) is 0 Å². The Balaban J connectivity index is 3.50. The van der Waals surface area contributed by atoms with Crippen LogP contribution in [0.25, 0.3) is 0 Å². The molecule has 0 aliphatic rings. The molecule has 6 nitrogen and oxygen atoms in total. The highest BCUT2D eigenvalue weighted by atomic mass is 16.5. The van der Waals surface area contributed by atoms with Gasteiger partial charge >= 0.3 is 0 Å². The second-order valence-corrected chi connectivity index (χ2v) is 3.22. The molecule has 0 aliphatic carbocycles. The molecule has 1 amide bonds. The van der Waals surface area contributed by atoms with Crippen LogP contribution in [0, 0.1) is 0 Å². The number of carbonyl (C=O) groups is 2. The van der Waals surface area contributed by atoms with Crippen LogP contribution in [0.2, 0.25) is 0 Å². The zero-order chi connectivity index (χ0) is 13.0. The molecule has 1 aromatic carbocycles. The van der Waals surface area contributed by atoms with E-state index in [2.05, 4.69) is 5.32 Å². The van der Waals surface area contributed by atoms with Crippen molar-refractivity contribution < 1.29 is 24.2 Å². The monoisotopic (exact) mass is 239 g/mol. The van der Waals surface area contributed by atoms with Gasteiger partial charge in [0.15, 0.2) is 12.0 Å². The van der Waals surface area contributed by atoms with Crippen LogP contribution in [0.1, 0.15) is 17.3 Å². The van der Waals surface area contributed by atoms with Crippen molar-refractivity contribution in [2.75, 3.05) is 19.5 Å². The van der Waals surface area contributed by atoms with Crippen LogP contribution in [-0.4, -0.2) is 31.5 Å². The van der Waals surface area contributed by atoms with E-state index in [-0.39, 0.29) is 34.4 Å². The number of carbonyl (C=O) groups excluding carboxylic acids is 2. The topological polar surface area (TPSA) is 84.9 Å². The molecule has 0 saturated heterocycles. The molecule has 6 heteroatoms. The number of hydrogen-bond acceptors (Lipinski definition) is 5. The number of aldehydes is 1. The van der Waals surface area contributed by atoms with E-state index in [9.17, 15) is 14.7 Å². The van der Waals surface area contributed by atoms with Crippen molar-refractivity contribution in [3.63, 3.8) is 0 Å². The summed E-state index contributed by atoms with van der Waals surface area (Å²) in [5.74, 6) is -0.348. The van der Waals surface area contributed by atoms with E-state index >= 15 is 0 Å². The van der Waals surface area contributed by atoms with Crippen molar-refractivity contribution in [2.24, 2.45) is 0 Å². The number of phenolic OH excluding ortho intramolecular Hbond substituents is 1. The number of aromatic hydroxyl groups is 1. The van der Waals surface area contributed by atoms with Crippen molar-refractivity contribution in [1.82, 2.24) is 0 Å². The molecule has 0 fully saturated rings. The highest BCUT2D eigenvalue weighted by molar-refractivity contribution is 5.97. The lowest BCUT2D eigenvalue weighted by atomic mass is 10.1. The van der Waals surface area contributed by atoms with Gasteiger partial charge in [-0.25, -0.2) is 0 Å². The van der Waals surface area contributed by atoms with Gasteiger partial charge in [0, 0.05) is 13.0 Å². The number of phenols is 1. The Morgan fingerprint density at radius 2 is 2.06 bits per heavy atom. The fourth-order valence-corrected chi connectivity index (χ4v) is 1.42. The maximum Gasteiger partial charge on any atom is 0.221 e. The summed E-state index contributed by atoms with van der Waals surface area (Å²) in [6, 6.07) is 1.23. The average Bonchev–Trinajstić information content (AvgIpc) is 2.29. The van der Waals surface area contributed by atoms with Crippen molar-refractivity contribution in [2.45, 2.75) is 6.92 Å². The highest BCUT2D eigenvalue weighted by Crippen LogP contribution is 2.41. The van der Waals surface area contributed by atoms with Gasteiger partial charge in [-0.15, -0.1) is 0 Å². The van der Waals surface area contributed by atoms with Gasteiger partial charge < -0.3 is 19.9 Å². The zero-order valence-electron chi connectivity index (χ0n) is 9.73. The summed E-state index contributed by atoms with van der Waals surface area (Å²) in [5.41, 5.74) is 0.166. The van der Waals surface area contributed by atoms with Gasteiger partial charge in [0.25, 0.3) is 0 Å². The minimum atomic E-state index is -0.343. The molecule has 2 N–H and O–H groups in total. The normalized spacial score (nSPS) is 9.59. The first-order chi connectivity index (χ1) is 8.04. The largest absolute Gasteiger partial charge is 0.507 e. The van der Waals surface area contributed by atoms with E-state index in [0.29, 0.717) is 6.29 Å². The van der Waals surface area contributed by atoms with Gasteiger partial charge in [-0.05, 0) is 0 Å². The summed E-state index contributed by atoms with van der Waals surface area (Å²) >= 11 is 0. The standard InChI is InChI=1S/C11H13NO5/c1-6(14)12-10-9(16-2)4-8(15)7(5-13)11(10)17-3/h4-5,15H,1-3H3,(H,12,14). The van der Waals surface area contributed by atoms with Crippen LogP contribution >= 0.6 is 0 Å². The summed E-state index contributed by atoms with van der Waals surface area (Å²) in [7, 11) is 2.70. The molecule has 0 aromatic heterocycles. The number of anilines is 1. The Labute approximate surface area is 98.2 Å². The first-order valence-electron chi connectivity index (χ1n) is 4.75. The molecule has 0 bridgehead atoms. The zero-order valence-corrected chi connectivity index (χ0v) is 9.73. The van der Waals surface area contributed by atoms with E-state index in [1.165, 1.54) is 27.2 Å². The third-order valence-corrected chi connectivity index (χ3v) is 2.10. The summed E-state index contributed by atoms with van der Waals surface area (Å²) in [4.78, 5) is 21.9. The Morgan fingerprint density at radius 1 is 1.41 bits per heavy atom. The molecular formula is C11H13NO5. The number of methoxy groups -OCH3 is 2. The number of rotatable bonds is 4. The quantitative estimate of drug-likeness (QED) is 0.608. The van der Waals surface area contributed by atoms with Crippen LogP contribution in [0.15, 0.2) is 6.07 Å². The van der Waals surface area contributed by atoms with Crippen LogP contribution in [0.3, 0.4) is 0 Å². The van der Waals surface area contributed by atoms with E-state index in [1.54, 1.807) is 0 Å². The van der Waals surface area contributed by atoms with Gasteiger partial charge in [0.05, 0.1) is 14.2 Å². The molecule has 0 atom stereocenters. The molecule has 0 unspecified atom stereocenters. The average molecular weight is 239 g/mol. The fourth-order valence-electron chi connectivity index (χ4n) is 1.42. The Bertz CT molecular complexity index is 456. The first kappa shape index (κ1) is 12.8. The number of ether oxygens (including phenoxy) is 2. The summed E-state index contributed by atoms with van der Waals surface area (Å²) in [6.07, 6.45) is 0.443. The second kappa shape index (κ2) is 5.20. The van der Waals surface area contributed by atoms with Crippen LogP contribution in [0.5, 0.6) is 17.2 Å². The summed E-state index contributed by atoms with van der Waals surface area (Å²) in [5, 5.41) is 12.1. The smallest absolute Gasteiger partial charge is 0.221 e. The molecule has 0 aliphatic heterocycles. The van der Waals surface area contributed by atoms with Crippen molar-refractivity contribution in [3.05, 3.63) is 11.6 Å². The van der Waals surface area contributed by atoms with E-state index in [4.69, 9.17) is 9.47 Å². The molecule has 1 aromatic rings. The Morgan fingerprint density at radius 3 is 2.47 bits per heavy atom. The SMILES string of the molecule is COc1cc(O)c(C=O)c(OC)c1NC(C)=O. The minimum absolute atomic E-state index is 0.0444. The van der Waals surface area contributed by atoms with Gasteiger partial charge in [0.1, 0.15) is 22.7 Å². The van der Waals surface area contributed by atoms with Gasteiger partial charge in [0.2, 0.25) is 5.91 Å². The van der Waals surface area contributed by atoms with E-state index in [0.717, 1.165) is 0 Å². The van der Waals surface area contributed by atoms with Gasteiger partial charge in [-0.3, -0.25) is 9.59 Å². The van der Waals surface area contributed by atoms with E-state index < -0.39 is 0 Å². The van der Waals surface area contributed by atoms with Crippen molar-refractivity contribution in [3.8, 4) is 17.2 Å².